The highest BCUT2D eigenvalue weighted by molar-refractivity contribution is 6.74. The Hall–Kier alpha value is -6.07. The van der Waals surface area contributed by atoms with Gasteiger partial charge in [-0.15, -0.1) is 0 Å². The smallest absolute Gasteiger partial charge is 0.412 e. The van der Waals surface area contributed by atoms with Gasteiger partial charge < -0.3 is 44.5 Å². The van der Waals surface area contributed by atoms with Crippen LogP contribution in [0.15, 0.2) is 89.7 Å². The number of aromatic nitrogens is 1. The number of phenolic OH excluding ortho intramolecular Hbond substituents is 1. The molecule has 1 heterocycles. The van der Waals surface area contributed by atoms with Gasteiger partial charge in [0.1, 0.15) is 17.1 Å². The zero-order valence-corrected chi connectivity index (χ0v) is 42.7. The average Bonchev–Trinajstić information content (AvgIpc) is 3.27. The third-order valence-corrected chi connectivity index (χ3v) is 17.6. The fourth-order valence-corrected chi connectivity index (χ4v) is 9.76. The molecule has 1 aliphatic rings. The van der Waals surface area contributed by atoms with Crippen molar-refractivity contribution in [1.29, 1.82) is 0 Å². The summed E-state index contributed by atoms with van der Waals surface area (Å²) in [4.78, 5) is 55.1. The summed E-state index contributed by atoms with van der Waals surface area (Å²) < 4.78 is 23.7. The summed E-state index contributed by atoms with van der Waals surface area (Å²) in [7, 11) is -0.797. The number of hydrogen-bond donors (Lipinski definition) is 6. The lowest BCUT2D eigenvalue weighted by molar-refractivity contribution is 0.0490. The molecule has 0 spiro atoms. The second kappa shape index (κ2) is 22.1. The number of rotatable bonds is 16. The number of amides is 3. The van der Waals surface area contributed by atoms with Crippen LogP contribution in [0, 0.1) is 0 Å². The number of phenols is 1. The van der Waals surface area contributed by atoms with E-state index in [0.29, 0.717) is 67.5 Å². The molecule has 6 N–H and O–H groups in total. The van der Waals surface area contributed by atoms with Gasteiger partial charge in [0.05, 0.1) is 41.7 Å². The van der Waals surface area contributed by atoms with Gasteiger partial charge in [0.15, 0.2) is 8.32 Å². The summed E-state index contributed by atoms with van der Waals surface area (Å²) >= 11 is 6.75. The number of aromatic hydroxyl groups is 1. The van der Waals surface area contributed by atoms with Crippen molar-refractivity contribution >= 4 is 60.5 Å². The molecule has 0 radical (unpaired) electrons. The van der Waals surface area contributed by atoms with E-state index in [1.165, 1.54) is 18.1 Å². The SMILES string of the molecule is COc1cc(NC(=O)OCCc2ccc(-c3ccccc3)c(N(C(=O)O)C3CCC(NC(=O)OC(C)(C)C)CC3)c2)c(Cl)cc1CNC[C@H](O[Si](C)(C)C(C)(C)C)c1ccc(O)c2[nH]c(=O)ccc12. The Morgan fingerprint density at radius 1 is 0.913 bits per heavy atom. The first-order valence-electron chi connectivity index (χ1n) is 23.3. The number of pyridine rings is 1. The normalized spacial score (nSPS) is 15.8. The van der Waals surface area contributed by atoms with Gasteiger partial charge in [-0.25, -0.2) is 14.4 Å². The molecule has 1 saturated carbocycles. The molecule has 1 aliphatic carbocycles. The standard InChI is InChI=1S/C52H66ClN5O10Si/c1-51(2,3)67-49(62)55-35-16-18-36(19-17-35)58(50(63)64)42-27-32(15-20-37(42)33-13-11-10-12-14-33)25-26-66-48(61)56-41-29-44(65-7)34(28-40(41)53)30-54-31-45(68-69(8,9)52(4,5)6)38-21-23-43(59)47-39(38)22-24-46(60)57-47/h10-15,20-24,27-29,35-36,45,54,59H,16-19,25-26,30-31H2,1-9H3,(H,55,62)(H,56,61)(H,57,60)(H,63,64)/t35?,36?,45-/m0/s1. The molecule has 17 heteroatoms. The molecule has 0 unspecified atom stereocenters. The minimum atomic E-state index is -2.32. The van der Waals surface area contributed by atoms with E-state index in [1.54, 1.807) is 45.0 Å². The molecule has 15 nitrogen and oxygen atoms in total. The summed E-state index contributed by atoms with van der Waals surface area (Å²) in [6.07, 6.45) is -0.194. The van der Waals surface area contributed by atoms with Gasteiger partial charge in [-0.05, 0) is 106 Å². The molecular formula is C52H66ClN5O10Si. The van der Waals surface area contributed by atoms with Gasteiger partial charge in [-0.3, -0.25) is 15.0 Å². The van der Waals surface area contributed by atoms with E-state index in [9.17, 15) is 29.4 Å². The van der Waals surface area contributed by atoms with Gasteiger partial charge in [0.2, 0.25) is 5.56 Å². The van der Waals surface area contributed by atoms with Crippen LogP contribution in [-0.4, -0.2) is 79.7 Å². The highest BCUT2D eigenvalue weighted by Gasteiger charge is 2.40. The zero-order valence-electron chi connectivity index (χ0n) is 41.0. The third kappa shape index (κ3) is 13.6. The molecular weight excluding hydrogens is 918 g/mol. The molecule has 0 bridgehead atoms. The number of alkyl carbamates (subject to hydrolysis) is 1. The topological polar surface area (TPSA) is 201 Å². The van der Waals surface area contributed by atoms with Crippen LogP contribution in [0.2, 0.25) is 23.2 Å². The van der Waals surface area contributed by atoms with Crippen molar-refractivity contribution in [3.8, 4) is 22.6 Å². The summed E-state index contributed by atoms with van der Waals surface area (Å²) in [6.45, 7) is 16.9. The Balaban J connectivity index is 1.11. The third-order valence-electron chi connectivity index (χ3n) is 12.8. The number of H-pyrrole nitrogens is 1. The number of halogens is 1. The van der Waals surface area contributed by atoms with Crippen LogP contribution in [0.1, 0.15) is 90.0 Å². The molecule has 6 rings (SSSR count). The van der Waals surface area contributed by atoms with E-state index in [1.807, 2.05) is 54.6 Å². The minimum absolute atomic E-state index is 0.00819. The molecule has 5 aromatic rings. The van der Waals surface area contributed by atoms with Gasteiger partial charge >= 0.3 is 18.3 Å². The number of hydrogen-bond acceptors (Lipinski definition) is 10. The van der Waals surface area contributed by atoms with E-state index in [4.69, 9.17) is 30.2 Å². The van der Waals surface area contributed by atoms with Crippen molar-refractivity contribution < 1.29 is 43.2 Å². The molecule has 0 saturated heterocycles. The summed E-state index contributed by atoms with van der Waals surface area (Å²) in [6, 6.07) is 24.6. The number of aromatic amines is 1. The van der Waals surface area contributed by atoms with Crippen molar-refractivity contribution in [2.45, 2.75) is 122 Å². The number of fused-ring (bicyclic) bond motifs is 1. The number of ether oxygens (including phenoxy) is 3. The predicted molar refractivity (Wildman–Crippen MR) is 273 cm³/mol. The quantitative estimate of drug-likeness (QED) is 0.0514. The molecule has 4 aromatic carbocycles. The van der Waals surface area contributed by atoms with E-state index in [2.05, 4.69) is 54.8 Å². The number of carboxylic acid groups (broad SMARTS) is 1. The van der Waals surface area contributed by atoms with Crippen LogP contribution in [0.5, 0.6) is 11.5 Å². The van der Waals surface area contributed by atoms with E-state index < -0.39 is 38.3 Å². The lowest BCUT2D eigenvalue weighted by Gasteiger charge is -2.39. The maximum atomic E-state index is 13.2. The van der Waals surface area contributed by atoms with Crippen molar-refractivity contribution in [3.05, 3.63) is 117 Å². The van der Waals surface area contributed by atoms with Crippen molar-refractivity contribution in [2.24, 2.45) is 0 Å². The molecule has 1 fully saturated rings. The number of carbonyl (C=O) groups is 3. The lowest BCUT2D eigenvalue weighted by atomic mass is 9.89. The largest absolute Gasteiger partial charge is 0.506 e. The van der Waals surface area contributed by atoms with Crippen LogP contribution in [-0.2, 0) is 26.9 Å². The monoisotopic (exact) mass is 983 g/mol. The van der Waals surface area contributed by atoms with Crippen molar-refractivity contribution in [2.75, 3.05) is 30.5 Å². The van der Waals surface area contributed by atoms with E-state index in [0.717, 1.165) is 27.8 Å². The summed E-state index contributed by atoms with van der Waals surface area (Å²) in [5, 5.41) is 31.3. The highest BCUT2D eigenvalue weighted by atomic mass is 35.5. The Kier molecular flexibility index (Phi) is 16.8. The Bertz CT molecular complexity index is 2680. The fraction of sp³-hybridized carbons (Fsp3) is 0.423. The van der Waals surface area contributed by atoms with Crippen LogP contribution in [0.25, 0.3) is 22.0 Å². The number of methoxy groups -OCH3 is 1. The molecule has 1 atom stereocenters. The average molecular weight is 985 g/mol. The highest BCUT2D eigenvalue weighted by Crippen LogP contribution is 2.42. The summed E-state index contributed by atoms with van der Waals surface area (Å²) in [5.41, 5.74) is 4.13. The first kappa shape index (κ1) is 52.3. The second-order valence-corrected chi connectivity index (χ2v) is 25.1. The molecule has 0 aliphatic heterocycles. The van der Waals surface area contributed by atoms with Gasteiger partial charge in [-0.2, -0.15) is 0 Å². The van der Waals surface area contributed by atoms with E-state index >= 15 is 0 Å². The summed E-state index contributed by atoms with van der Waals surface area (Å²) in [5.74, 6) is 0.441. The van der Waals surface area contributed by atoms with E-state index in [-0.39, 0.29) is 45.7 Å². The maximum Gasteiger partial charge on any atom is 0.412 e. The van der Waals surface area contributed by atoms with Crippen LogP contribution in [0.3, 0.4) is 0 Å². The Labute approximate surface area is 410 Å². The van der Waals surface area contributed by atoms with Gasteiger partial charge in [-0.1, -0.05) is 80.9 Å². The van der Waals surface area contributed by atoms with Crippen LogP contribution in [0.4, 0.5) is 25.8 Å². The van der Waals surface area contributed by atoms with Crippen molar-refractivity contribution in [1.82, 2.24) is 15.6 Å². The van der Waals surface area contributed by atoms with Gasteiger partial charge in [0.25, 0.3) is 0 Å². The Morgan fingerprint density at radius 3 is 2.28 bits per heavy atom. The number of nitrogens with one attached hydrogen (secondary N) is 4. The minimum Gasteiger partial charge on any atom is -0.506 e. The number of nitrogens with zero attached hydrogens (tertiary/aromatic N) is 1. The van der Waals surface area contributed by atoms with Gasteiger partial charge in [0, 0.05) is 60.2 Å². The van der Waals surface area contributed by atoms with Crippen LogP contribution >= 0.6 is 11.6 Å². The maximum absolute atomic E-state index is 13.2. The lowest BCUT2D eigenvalue weighted by Crippen LogP contribution is -2.47. The second-order valence-electron chi connectivity index (χ2n) is 20.0. The fourth-order valence-electron chi connectivity index (χ4n) is 8.25. The number of anilines is 2. The number of carbonyl (C=O) groups excluding carboxylic acids is 2. The Morgan fingerprint density at radius 2 is 1.62 bits per heavy atom. The molecule has 1 aromatic heterocycles. The van der Waals surface area contributed by atoms with Crippen LogP contribution < -0.4 is 31.1 Å². The van der Waals surface area contributed by atoms with Crippen molar-refractivity contribution in [3.63, 3.8) is 0 Å². The first-order valence-corrected chi connectivity index (χ1v) is 26.6. The molecule has 3 amide bonds. The number of benzene rings is 4. The first-order chi connectivity index (χ1) is 32.5. The zero-order chi connectivity index (χ0) is 50.3. The molecule has 370 valence electrons. The molecule has 69 heavy (non-hydrogen) atoms. The predicted octanol–water partition coefficient (Wildman–Crippen LogP) is 11.5.